The minimum atomic E-state index is -0.803. The van der Waals surface area contributed by atoms with Crippen molar-refractivity contribution in [2.24, 2.45) is 0 Å². The van der Waals surface area contributed by atoms with E-state index in [2.05, 4.69) is 20.2 Å². The minimum absolute atomic E-state index is 0.300. The lowest BCUT2D eigenvalue weighted by atomic mass is 10.0. The summed E-state index contributed by atoms with van der Waals surface area (Å²) in [7, 11) is 0. The summed E-state index contributed by atoms with van der Waals surface area (Å²) < 4.78 is 28.3. The number of piperidine rings is 1. The van der Waals surface area contributed by atoms with Crippen LogP contribution in [0.5, 0.6) is 0 Å². The molecule has 3 aromatic rings. The molecule has 0 spiro atoms. The molecule has 134 valence electrons. The van der Waals surface area contributed by atoms with Gasteiger partial charge >= 0.3 is 0 Å². The highest BCUT2D eigenvalue weighted by atomic mass is 19.2. The molecule has 5 nitrogen and oxygen atoms in total. The molecule has 0 aliphatic carbocycles. The van der Waals surface area contributed by atoms with E-state index in [1.807, 2.05) is 23.0 Å². The average molecular weight is 355 g/mol. The Morgan fingerprint density at radius 2 is 1.92 bits per heavy atom. The molecule has 7 heteroatoms. The Morgan fingerprint density at radius 3 is 2.65 bits per heavy atom. The summed E-state index contributed by atoms with van der Waals surface area (Å²) >= 11 is 0. The van der Waals surface area contributed by atoms with E-state index < -0.39 is 11.6 Å². The molecule has 0 unspecified atom stereocenters. The maximum atomic E-state index is 13.3. The van der Waals surface area contributed by atoms with Gasteiger partial charge in [0.05, 0.1) is 12.2 Å². The van der Waals surface area contributed by atoms with Crippen molar-refractivity contribution in [3.8, 4) is 11.3 Å². The van der Waals surface area contributed by atoms with Crippen molar-refractivity contribution in [1.29, 1.82) is 0 Å². The van der Waals surface area contributed by atoms with Crippen molar-refractivity contribution >= 4 is 0 Å². The van der Waals surface area contributed by atoms with Gasteiger partial charge in [0.2, 0.25) is 0 Å². The molecular formula is C19H19F2N5. The zero-order chi connectivity index (χ0) is 17.9. The maximum Gasteiger partial charge on any atom is 0.159 e. The Hall–Kier alpha value is -2.67. The highest BCUT2D eigenvalue weighted by Gasteiger charge is 2.22. The number of pyridine rings is 1. The second-order valence-electron chi connectivity index (χ2n) is 6.58. The molecule has 1 fully saturated rings. The van der Waals surface area contributed by atoms with Gasteiger partial charge < -0.3 is 0 Å². The van der Waals surface area contributed by atoms with Crippen molar-refractivity contribution in [3.05, 3.63) is 66.1 Å². The second-order valence-corrected chi connectivity index (χ2v) is 6.58. The van der Waals surface area contributed by atoms with Crippen LogP contribution < -0.4 is 0 Å². The summed E-state index contributed by atoms with van der Waals surface area (Å²) in [6.07, 6.45) is 7.36. The lowest BCUT2D eigenvalue weighted by Crippen LogP contribution is -2.34. The van der Waals surface area contributed by atoms with E-state index in [0.717, 1.165) is 42.8 Å². The monoisotopic (exact) mass is 355 g/mol. The number of hydrogen-bond acceptors (Lipinski definition) is 4. The largest absolute Gasteiger partial charge is 0.299 e. The fourth-order valence-electron chi connectivity index (χ4n) is 3.34. The molecule has 0 amide bonds. The zero-order valence-corrected chi connectivity index (χ0v) is 14.2. The summed E-state index contributed by atoms with van der Waals surface area (Å²) in [5, 5.41) is 8.52. The molecule has 0 radical (unpaired) electrons. The fourth-order valence-corrected chi connectivity index (χ4v) is 3.34. The van der Waals surface area contributed by atoms with Crippen molar-refractivity contribution in [2.45, 2.75) is 25.4 Å². The lowest BCUT2D eigenvalue weighted by molar-refractivity contribution is 0.172. The average Bonchev–Trinajstić information content (AvgIpc) is 3.16. The van der Waals surface area contributed by atoms with E-state index in [-0.39, 0.29) is 0 Å². The van der Waals surface area contributed by atoms with Crippen molar-refractivity contribution in [2.75, 3.05) is 13.1 Å². The molecular weight excluding hydrogens is 336 g/mol. The second kappa shape index (κ2) is 7.29. The van der Waals surface area contributed by atoms with Crippen molar-refractivity contribution < 1.29 is 8.78 Å². The van der Waals surface area contributed by atoms with Crippen LogP contribution in [0, 0.1) is 11.6 Å². The van der Waals surface area contributed by atoms with Crippen LogP contribution >= 0.6 is 0 Å². The lowest BCUT2D eigenvalue weighted by Gasteiger charge is -2.31. The first-order valence-electron chi connectivity index (χ1n) is 8.67. The third kappa shape index (κ3) is 3.62. The number of benzene rings is 1. The van der Waals surface area contributed by atoms with Gasteiger partial charge in [-0.2, -0.15) is 0 Å². The van der Waals surface area contributed by atoms with Crippen LogP contribution in [0.25, 0.3) is 11.3 Å². The highest BCUT2D eigenvalue weighted by molar-refractivity contribution is 5.55. The summed E-state index contributed by atoms with van der Waals surface area (Å²) in [5.74, 6) is -1.59. The van der Waals surface area contributed by atoms with Crippen LogP contribution in [0.2, 0.25) is 0 Å². The van der Waals surface area contributed by atoms with E-state index in [4.69, 9.17) is 0 Å². The van der Waals surface area contributed by atoms with E-state index in [9.17, 15) is 8.78 Å². The first-order chi connectivity index (χ1) is 12.7. The molecule has 1 aliphatic rings. The molecule has 0 N–H and O–H groups in total. The van der Waals surface area contributed by atoms with E-state index >= 15 is 0 Å². The van der Waals surface area contributed by atoms with Gasteiger partial charge in [-0.05, 0) is 42.7 Å². The number of hydrogen-bond donors (Lipinski definition) is 0. The first-order valence-corrected chi connectivity index (χ1v) is 8.67. The normalized spacial score (nSPS) is 16.1. The Labute approximate surface area is 150 Å². The molecule has 0 bridgehead atoms. The summed E-state index contributed by atoms with van der Waals surface area (Å²) in [5.41, 5.74) is 2.57. The van der Waals surface area contributed by atoms with Crippen LogP contribution in [0.3, 0.4) is 0 Å². The molecule has 1 aromatic carbocycles. The Balaban J connectivity index is 1.36. The van der Waals surface area contributed by atoms with Gasteiger partial charge in [0.25, 0.3) is 0 Å². The predicted molar refractivity (Wildman–Crippen MR) is 93.2 cm³/mol. The van der Waals surface area contributed by atoms with E-state index in [1.165, 1.54) is 12.1 Å². The molecule has 1 saturated heterocycles. The summed E-state index contributed by atoms with van der Waals surface area (Å²) in [6, 6.07) is 8.25. The Bertz CT molecular complexity index is 873. The van der Waals surface area contributed by atoms with Gasteiger partial charge in [-0.15, -0.1) is 5.10 Å². The molecule has 3 heterocycles. The number of likely N-dealkylation sites (tertiary alicyclic amines) is 1. The molecule has 4 rings (SSSR count). The highest BCUT2D eigenvalue weighted by Crippen LogP contribution is 2.25. The van der Waals surface area contributed by atoms with Crippen molar-refractivity contribution in [1.82, 2.24) is 24.9 Å². The number of rotatable bonds is 4. The quantitative estimate of drug-likeness (QED) is 0.719. The maximum absolute atomic E-state index is 13.3. The number of aromatic nitrogens is 4. The standard InChI is InChI=1S/C19H19F2N5/c20-17-4-3-14(10-18(17)21)12-25-8-5-16(6-9-25)26-13-19(23-24-26)15-2-1-7-22-11-15/h1-4,7,10-11,13,16H,5-6,8-9,12H2. The van der Waals surface area contributed by atoms with Gasteiger partial charge in [-0.25, -0.2) is 13.5 Å². The summed E-state index contributed by atoms with van der Waals surface area (Å²) in [4.78, 5) is 6.36. The first kappa shape index (κ1) is 16.8. The van der Waals surface area contributed by atoms with Crippen molar-refractivity contribution in [3.63, 3.8) is 0 Å². The number of nitrogens with zero attached hydrogens (tertiary/aromatic N) is 5. The SMILES string of the molecule is Fc1ccc(CN2CCC(n3cc(-c4cccnc4)nn3)CC2)cc1F. The number of halogens is 2. The minimum Gasteiger partial charge on any atom is -0.299 e. The van der Waals surface area contributed by atoms with Gasteiger partial charge in [0.1, 0.15) is 5.69 Å². The van der Waals surface area contributed by atoms with Crippen LogP contribution in [0.4, 0.5) is 8.78 Å². The van der Waals surface area contributed by atoms with Gasteiger partial charge in [-0.1, -0.05) is 11.3 Å². The van der Waals surface area contributed by atoms with Gasteiger partial charge in [0, 0.05) is 37.6 Å². The van der Waals surface area contributed by atoms with Crippen LogP contribution in [-0.2, 0) is 6.54 Å². The topological polar surface area (TPSA) is 46.8 Å². The molecule has 0 saturated carbocycles. The fraction of sp³-hybridized carbons (Fsp3) is 0.316. The zero-order valence-electron chi connectivity index (χ0n) is 14.2. The molecule has 2 aromatic heterocycles. The van der Waals surface area contributed by atoms with Gasteiger partial charge in [-0.3, -0.25) is 9.88 Å². The Morgan fingerprint density at radius 1 is 1.08 bits per heavy atom. The van der Waals surface area contributed by atoms with Crippen LogP contribution in [0.1, 0.15) is 24.4 Å². The molecule has 26 heavy (non-hydrogen) atoms. The molecule has 1 aliphatic heterocycles. The predicted octanol–water partition coefficient (Wildman–Crippen LogP) is 3.46. The summed E-state index contributed by atoms with van der Waals surface area (Å²) in [6.45, 7) is 2.39. The van der Waals surface area contributed by atoms with Crippen LogP contribution in [-0.4, -0.2) is 38.0 Å². The van der Waals surface area contributed by atoms with Crippen LogP contribution in [0.15, 0.2) is 48.9 Å². The van der Waals surface area contributed by atoms with Gasteiger partial charge in [0.15, 0.2) is 11.6 Å². The van der Waals surface area contributed by atoms with E-state index in [0.29, 0.717) is 12.6 Å². The Kier molecular flexibility index (Phi) is 4.71. The van der Waals surface area contributed by atoms with E-state index in [1.54, 1.807) is 18.5 Å². The smallest absolute Gasteiger partial charge is 0.159 e. The third-order valence-corrected chi connectivity index (χ3v) is 4.79. The molecule has 0 atom stereocenters. The third-order valence-electron chi connectivity index (χ3n) is 4.79.